The van der Waals surface area contributed by atoms with Gasteiger partial charge in [0.2, 0.25) is 11.8 Å². The van der Waals surface area contributed by atoms with Crippen LogP contribution in [0.25, 0.3) is 5.69 Å². The van der Waals surface area contributed by atoms with Crippen molar-refractivity contribution in [1.82, 2.24) is 14.5 Å². The predicted octanol–water partition coefficient (Wildman–Crippen LogP) is 3.83. The summed E-state index contributed by atoms with van der Waals surface area (Å²) in [6, 6.07) is 12.0. The molecule has 3 rings (SSSR count). The van der Waals surface area contributed by atoms with Crippen molar-refractivity contribution in [3.8, 4) is 11.6 Å². The largest absolute Gasteiger partial charge is 0.481 e. The van der Waals surface area contributed by atoms with Crippen LogP contribution < -0.4 is 15.0 Å². The van der Waals surface area contributed by atoms with Crippen molar-refractivity contribution in [2.75, 3.05) is 45.1 Å². The van der Waals surface area contributed by atoms with Crippen LogP contribution in [0, 0.1) is 0 Å². The molecule has 0 spiro atoms. The molecule has 0 bridgehead atoms. The number of pyridine rings is 1. The number of halogens is 1. The molecule has 0 saturated heterocycles. The third-order valence-corrected chi connectivity index (χ3v) is 5.00. The predicted molar refractivity (Wildman–Crippen MR) is 133 cm³/mol. The first-order chi connectivity index (χ1) is 16.6. The SMILES string of the molecule is COCC(C)(C)OC(=O)c1c(NC(=O)c2cc(Cl)nc(OC)c2)nc(N(C)C)n1-c1ccccc1. The number of nitrogens with one attached hydrogen (secondary N) is 1. The van der Waals surface area contributed by atoms with Gasteiger partial charge in [0, 0.05) is 38.5 Å². The van der Waals surface area contributed by atoms with Gasteiger partial charge in [-0.15, -0.1) is 0 Å². The summed E-state index contributed by atoms with van der Waals surface area (Å²) in [4.78, 5) is 36.9. The van der Waals surface area contributed by atoms with Gasteiger partial charge in [-0.2, -0.15) is 4.98 Å². The smallest absolute Gasteiger partial charge is 0.359 e. The Kier molecular flexibility index (Phi) is 7.98. The molecule has 0 saturated carbocycles. The Morgan fingerprint density at radius 3 is 2.40 bits per heavy atom. The van der Waals surface area contributed by atoms with Crippen LogP contribution in [0.1, 0.15) is 34.7 Å². The molecule has 0 fully saturated rings. The second-order valence-corrected chi connectivity index (χ2v) is 8.82. The number of ether oxygens (including phenoxy) is 3. The molecule has 0 atom stereocenters. The quantitative estimate of drug-likeness (QED) is 0.348. The molecule has 1 aromatic carbocycles. The van der Waals surface area contributed by atoms with Crippen LogP contribution in [-0.4, -0.2) is 66.9 Å². The summed E-state index contributed by atoms with van der Waals surface area (Å²) >= 11 is 6.03. The highest BCUT2D eigenvalue weighted by Crippen LogP contribution is 2.30. The molecular weight excluding hydrogens is 474 g/mol. The van der Waals surface area contributed by atoms with Crippen LogP contribution in [0.5, 0.6) is 5.88 Å². The van der Waals surface area contributed by atoms with Gasteiger partial charge in [-0.1, -0.05) is 29.8 Å². The Balaban J connectivity index is 2.14. The maximum Gasteiger partial charge on any atom is 0.359 e. The topological polar surface area (TPSA) is 108 Å². The molecule has 10 nitrogen and oxygen atoms in total. The molecular formula is C24H28ClN5O5. The Labute approximate surface area is 208 Å². The average molecular weight is 502 g/mol. The van der Waals surface area contributed by atoms with Crippen molar-refractivity contribution in [3.05, 3.63) is 58.9 Å². The monoisotopic (exact) mass is 501 g/mol. The van der Waals surface area contributed by atoms with Gasteiger partial charge in [0.25, 0.3) is 5.91 Å². The normalized spacial score (nSPS) is 11.2. The Morgan fingerprint density at radius 1 is 1.11 bits per heavy atom. The number of esters is 1. The first kappa shape index (κ1) is 26.0. The van der Waals surface area contributed by atoms with E-state index >= 15 is 0 Å². The lowest BCUT2D eigenvalue weighted by Gasteiger charge is -2.25. The number of nitrogens with zero attached hydrogens (tertiary/aromatic N) is 4. The number of benzene rings is 1. The third kappa shape index (κ3) is 6.09. The van der Waals surface area contributed by atoms with Crippen molar-refractivity contribution in [2.24, 2.45) is 0 Å². The van der Waals surface area contributed by atoms with Gasteiger partial charge in [-0.05, 0) is 32.0 Å². The van der Waals surface area contributed by atoms with Gasteiger partial charge in [0.15, 0.2) is 11.5 Å². The van der Waals surface area contributed by atoms with Crippen LogP contribution in [0.4, 0.5) is 11.8 Å². The number of carbonyl (C=O) groups is 2. The number of amides is 1. The Hall–Kier alpha value is -3.63. The number of anilines is 2. The minimum absolute atomic E-state index is 0.0210. The van der Waals surface area contributed by atoms with E-state index in [-0.39, 0.29) is 34.7 Å². The highest BCUT2D eigenvalue weighted by molar-refractivity contribution is 6.30. The van der Waals surface area contributed by atoms with E-state index in [9.17, 15) is 9.59 Å². The molecule has 11 heteroatoms. The number of rotatable bonds is 9. The van der Waals surface area contributed by atoms with Gasteiger partial charge in [0.05, 0.1) is 13.7 Å². The summed E-state index contributed by atoms with van der Waals surface area (Å²) in [5, 5.41) is 2.80. The standard InChI is InChI=1S/C24H28ClN5O5/c1-24(2,14-33-5)35-22(32)19-20(27-21(31)15-12-17(25)26-18(13-15)34-6)28-23(29(3)4)30(19)16-10-8-7-9-11-16/h7-13H,14H2,1-6H3,(H,27,31). The van der Waals surface area contributed by atoms with Crippen molar-refractivity contribution >= 4 is 35.2 Å². The number of imidazole rings is 1. The molecule has 0 aliphatic carbocycles. The number of carbonyl (C=O) groups excluding carboxylic acids is 2. The van der Waals surface area contributed by atoms with Gasteiger partial charge in [0.1, 0.15) is 10.8 Å². The van der Waals surface area contributed by atoms with E-state index in [1.165, 1.54) is 26.4 Å². The molecule has 0 radical (unpaired) electrons. The average Bonchev–Trinajstić information content (AvgIpc) is 3.18. The molecule has 0 aliphatic rings. The van der Waals surface area contributed by atoms with Gasteiger partial charge in [-0.25, -0.2) is 9.78 Å². The summed E-state index contributed by atoms with van der Waals surface area (Å²) < 4.78 is 17.7. The molecule has 2 aromatic heterocycles. The lowest BCUT2D eigenvalue weighted by Crippen LogP contribution is -2.34. The Morgan fingerprint density at radius 2 is 1.80 bits per heavy atom. The molecule has 0 unspecified atom stereocenters. The Bertz CT molecular complexity index is 1210. The van der Waals surface area contributed by atoms with E-state index in [0.29, 0.717) is 11.6 Å². The third-order valence-electron chi connectivity index (χ3n) is 4.80. The van der Waals surface area contributed by atoms with Crippen molar-refractivity contribution in [3.63, 3.8) is 0 Å². The zero-order chi connectivity index (χ0) is 25.8. The van der Waals surface area contributed by atoms with Crippen LogP contribution in [-0.2, 0) is 9.47 Å². The van der Waals surface area contributed by atoms with E-state index < -0.39 is 17.5 Å². The molecule has 0 aliphatic heterocycles. The van der Waals surface area contributed by atoms with Crippen LogP contribution in [0.15, 0.2) is 42.5 Å². The lowest BCUT2D eigenvalue weighted by molar-refractivity contribution is -0.0370. The highest BCUT2D eigenvalue weighted by atomic mass is 35.5. The first-order valence-electron chi connectivity index (χ1n) is 10.7. The summed E-state index contributed by atoms with van der Waals surface area (Å²) in [6.07, 6.45) is 0. The van der Waals surface area contributed by atoms with Crippen LogP contribution in [0.2, 0.25) is 5.15 Å². The highest BCUT2D eigenvalue weighted by Gasteiger charge is 2.32. The molecule has 3 aromatic rings. The first-order valence-corrected chi connectivity index (χ1v) is 11.0. The number of para-hydroxylation sites is 1. The zero-order valence-corrected chi connectivity index (χ0v) is 21.2. The molecule has 1 amide bonds. The summed E-state index contributed by atoms with van der Waals surface area (Å²) in [6.45, 7) is 3.64. The molecule has 2 heterocycles. The second kappa shape index (κ2) is 10.7. The van der Waals surface area contributed by atoms with Crippen molar-refractivity contribution in [1.29, 1.82) is 0 Å². The zero-order valence-electron chi connectivity index (χ0n) is 20.5. The van der Waals surface area contributed by atoms with Crippen LogP contribution >= 0.6 is 11.6 Å². The molecule has 1 N–H and O–H groups in total. The summed E-state index contributed by atoms with van der Waals surface area (Å²) in [5.41, 5.74) is -0.0381. The lowest BCUT2D eigenvalue weighted by atomic mass is 10.1. The fraction of sp³-hybridized carbons (Fsp3) is 0.333. The molecule has 186 valence electrons. The van der Waals surface area contributed by atoms with Crippen molar-refractivity contribution in [2.45, 2.75) is 19.4 Å². The maximum absolute atomic E-state index is 13.5. The second-order valence-electron chi connectivity index (χ2n) is 8.43. The number of aromatic nitrogens is 3. The van der Waals surface area contributed by atoms with Crippen molar-refractivity contribution < 1.29 is 23.8 Å². The number of hydrogen-bond donors (Lipinski definition) is 1. The van der Waals surface area contributed by atoms with E-state index in [1.807, 2.05) is 30.3 Å². The van der Waals surface area contributed by atoms with E-state index in [0.717, 1.165) is 0 Å². The van der Waals surface area contributed by atoms with E-state index in [4.69, 9.17) is 25.8 Å². The van der Waals surface area contributed by atoms with Gasteiger partial charge < -0.3 is 24.4 Å². The maximum atomic E-state index is 13.5. The fourth-order valence-electron chi connectivity index (χ4n) is 3.37. The molecule has 35 heavy (non-hydrogen) atoms. The van der Waals surface area contributed by atoms with Gasteiger partial charge in [-0.3, -0.25) is 9.36 Å². The fourth-order valence-corrected chi connectivity index (χ4v) is 3.57. The van der Waals surface area contributed by atoms with E-state index in [1.54, 1.807) is 37.4 Å². The van der Waals surface area contributed by atoms with E-state index in [2.05, 4.69) is 15.3 Å². The number of methoxy groups -OCH3 is 2. The van der Waals surface area contributed by atoms with Crippen LogP contribution in [0.3, 0.4) is 0 Å². The minimum atomic E-state index is -0.927. The summed E-state index contributed by atoms with van der Waals surface area (Å²) in [5.74, 6) is -0.633. The number of hydrogen-bond acceptors (Lipinski definition) is 8. The minimum Gasteiger partial charge on any atom is -0.481 e. The van der Waals surface area contributed by atoms with Gasteiger partial charge >= 0.3 is 5.97 Å². The summed E-state index contributed by atoms with van der Waals surface area (Å²) in [7, 11) is 6.50.